The van der Waals surface area contributed by atoms with Crippen LogP contribution in [-0.2, 0) is 6.42 Å². The van der Waals surface area contributed by atoms with Crippen molar-refractivity contribution < 1.29 is 9.18 Å². The van der Waals surface area contributed by atoms with E-state index in [9.17, 15) is 9.18 Å². The van der Waals surface area contributed by atoms with Gasteiger partial charge in [-0.05, 0) is 43.2 Å². The van der Waals surface area contributed by atoms with E-state index in [2.05, 4.69) is 15.2 Å². The summed E-state index contributed by atoms with van der Waals surface area (Å²) in [4.78, 5) is 16.9. The highest BCUT2D eigenvalue weighted by Gasteiger charge is 2.13. The van der Waals surface area contributed by atoms with Gasteiger partial charge in [-0.1, -0.05) is 24.4 Å². The number of H-pyrrole nitrogens is 2. The number of carbonyl (C=O) groups excluding carboxylic acids is 1. The third-order valence-electron chi connectivity index (χ3n) is 4.09. The molecule has 0 spiro atoms. The van der Waals surface area contributed by atoms with E-state index in [1.165, 1.54) is 12.1 Å². The second-order valence-electron chi connectivity index (χ2n) is 6.03. The van der Waals surface area contributed by atoms with Crippen molar-refractivity contribution in [2.75, 3.05) is 13.6 Å². The van der Waals surface area contributed by atoms with Crippen LogP contribution in [0.4, 0.5) is 4.39 Å². The van der Waals surface area contributed by atoms with E-state index in [1.54, 1.807) is 36.3 Å². The van der Waals surface area contributed by atoms with Gasteiger partial charge in [-0.15, -0.1) is 0 Å². The summed E-state index contributed by atoms with van der Waals surface area (Å²) < 4.78 is 13.8. The average Bonchev–Trinajstić information content (AvgIpc) is 3.10. The number of hydrogen-bond acceptors (Lipinski definition) is 3. The molecule has 0 radical (unpaired) electrons. The summed E-state index contributed by atoms with van der Waals surface area (Å²) >= 11 is 5.15. The van der Waals surface area contributed by atoms with Crippen molar-refractivity contribution in [2.24, 2.45) is 0 Å². The summed E-state index contributed by atoms with van der Waals surface area (Å²) in [5, 5.41) is 7.20. The minimum atomic E-state index is -0.286. The number of aryl methyl sites for hydroxylation is 1. The van der Waals surface area contributed by atoms with E-state index < -0.39 is 0 Å². The highest BCUT2D eigenvalue weighted by atomic mass is 32.1. The van der Waals surface area contributed by atoms with E-state index in [1.807, 2.05) is 12.1 Å². The van der Waals surface area contributed by atoms with Gasteiger partial charge in [-0.2, -0.15) is 5.10 Å². The predicted octanol–water partition coefficient (Wildman–Crippen LogP) is 3.98. The SMILES string of the molecule is CN(CCCc1cc(-c2cccc(F)c2)n[nH]1)C(=O)c1ccc[nH]c1=S. The summed E-state index contributed by atoms with van der Waals surface area (Å²) in [5.41, 5.74) is 2.89. The number of aromatic amines is 2. The second-order valence-corrected chi connectivity index (χ2v) is 6.44. The maximum Gasteiger partial charge on any atom is 0.256 e. The number of halogens is 1. The third kappa shape index (κ3) is 4.23. The molecule has 2 N–H and O–H groups in total. The molecule has 0 aliphatic heterocycles. The average molecular weight is 370 g/mol. The van der Waals surface area contributed by atoms with E-state index in [-0.39, 0.29) is 11.7 Å². The number of amides is 1. The quantitative estimate of drug-likeness (QED) is 0.645. The standard InChI is InChI=1S/C19H19FN4OS/c1-24(19(25)16-8-3-9-21-18(16)26)10-4-7-15-12-17(23-22-15)13-5-2-6-14(20)11-13/h2-3,5-6,8-9,11-12H,4,7,10H2,1H3,(H,21,26)(H,22,23). The molecule has 5 nitrogen and oxygen atoms in total. The van der Waals surface area contributed by atoms with E-state index in [0.29, 0.717) is 22.4 Å². The first-order chi connectivity index (χ1) is 12.5. The third-order valence-corrected chi connectivity index (χ3v) is 4.42. The van der Waals surface area contributed by atoms with Crippen molar-refractivity contribution in [1.82, 2.24) is 20.1 Å². The van der Waals surface area contributed by atoms with Crippen LogP contribution in [0.1, 0.15) is 22.5 Å². The van der Waals surface area contributed by atoms with Crippen LogP contribution in [-0.4, -0.2) is 39.6 Å². The van der Waals surface area contributed by atoms with Crippen LogP contribution in [0, 0.1) is 10.5 Å². The Bertz CT molecular complexity index is 966. The van der Waals surface area contributed by atoms with Gasteiger partial charge < -0.3 is 9.88 Å². The Kier molecular flexibility index (Phi) is 5.58. The van der Waals surface area contributed by atoms with Crippen LogP contribution in [0.2, 0.25) is 0 Å². The van der Waals surface area contributed by atoms with Gasteiger partial charge in [0.15, 0.2) is 0 Å². The Morgan fingerprint density at radius 1 is 1.27 bits per heavy atom. The number of hydrogen-bond donors (Lipinski definition) is 2. The largest absolute Gasteiger partial charge is 0.352 e. The van der Waals surface area contributed by atoms with E-state index >= 15 is 0 Å². The fourth-order valence-electron chi connectivity index (χ4n) is 2.69. The van der Waals surface area contributed by atoms with Crippen LogP contribution in [0.5, 0.6) is 0 Å². The van der Waals surface area contributed by atoms with Crippen LogP contribution in [0.15, 0.2) is 48.7 Å². The summed E-state index contributed by atoms with van der Waals surface area (Å²) in [5.74, 6) is -0.386. The van der Waals surface area contributed by atoms with Crippen molar-refractivity contribution >= 4 is 18.1 Å². The number of carbonyl (C=O) groups is 1. The van der Waals surface area contributed by atoms with Crippen molar-refractivity contribution in [3.05, 3.63) is 70.4 Å². The molecule has 0 bridgehead atoms. The fraction of sp³-hybridized carbons (Fsp3) is 0.211. The Morgan fingerprint density at radius 3 is 2.88 bits per heavy atom. The Morgan fingerprint density at radius 2 is 2.12 bits per heavy atom. The molecule has 0 atom stereocenters. The Labute approximate surface area is 155 Å². The molecule has 26 heavy (non-hydrogen) atoms. The first kappa shape index (κ1) is 18.0. The van der Waals surface area contributed by atoms with Gasteiger partial charge in [-0.3, -0.25) is 9.89 Å². The number of nitrogens with one attached hydrogen (secondary N) is 2. The van der Waals surface area contributed by atoms with Gasteiger partial charge in [0.05, 0.1) is 11.3 Å². The molecule has 0 saturated carbocycles. The van der Waals surface area contributed by atoms with Crippen LogP contribution < -0.4 is 0 Å². The van der Waals surface area contributed by atoms with Gasteiger partial charge in [0.25, 0.3) is 5.91 Å². The highest BCUT2D eigenvalue weighted by molar-refractivity contribution is 7.71. The molecule has 2 heterocycles. The van der Waals surface area contributed by atoms with Crippen molar-refractivity contribution in [1.29, 1.82) is 0 Å². The van der Waals surface area contributed by atoms with Gasteiger partial charge >= 0.3 is 0 Å². The van der Waals surface area contributed by atoms with E-state index in [4.69, 9.17) is 12.2 Å². The topological polar surface area (TPSA) is 64.8 Å². The molecule has 0 aliphatic rings. The summed E-state index contributed by atoms with van der Waals surface area (Å²) in [6, 6.07) is 11.7. The van der Waals surface area contributed by atoms with Gasteiger partial charge in [0.1, 0.15) is 10.5 Å². The molecular formula is C19H19FN4OS. The smallest absolute Gasteiger partial charge is 0.256 e. The van der Waals surface area contributed by atoms with E-state index in [0.717, 1.165) is 24.1 Å². The molecule has 7 heteroatoms. The van der Waals surface area contributed by atoms with Crippen LogP contribution in [0.25, 0.3) is 11.3 Å². The summed E-state index contributed by atoms with van der Waals surface area (Å²) in [6.45, 7) is 0.594. The Hall–Kier alpha value is -2.80. The zero-order valence-corrected chi connectivity index (χ0v) is 15.1. The molecule has 1 amide bonds. The molecule has 134 valence electrons. The van der Waals surface area contributed by atoms with Gasteiger partial charge in [0, 0.05) is 31.0 Å². The number of benzene rings is 1. The normalized spacial score (nSPS) is 10.7. The molecule has 3 rings (SSSR count). The molecule has 3 aromatic rings. The number of pyridine rings is 1. The lowest BCUT2D eigenvalue weighted by Crippen LogP contribution is -2.28. The predicted molar refractivity (Wildman–Crippen MR) is 101 cm³/mol. The van der Waals surface area contributed by atoms with Crippen molar-refractivity contribution in [2.45, 2.75) is 12.8 Å². The molecular weight excluding hydrogens is 351 g/mol. The first-order valence-electron chi connectivity index (χ1n) is 8.28. The fourth-order valence-corrected chi connectivity index (χ4v) is 2.91. The second kappa shape index (κ2) is 8.05. The Balaban J connectivity index is 1.56. The van der Waals surface area contributed by atoms with Gasteiger partial charge in [-0.25, -0.2) is 4.39 Å². The molecule has 0 unspecified atom stereocenters. The van der Waals surface area contributed by atoms with Gasteiger partial charge in [0.2, 0.25) is 0 Å². The maximum atomic E-state index is 13.3. The highest BCUT2D eigenvalue weighted by Crippen LogP contribution is 2.19. The minimum absolute atomic E-state index is 0.100. The lowest BCUT2D eigenvalue weighted by atomic mass is 10.1. The zero-order valence-electron chi connectivity index (χ0n) is 14.3. The maximum absolute atomic E-state index is 13.3. The lowest BCUT2D eigenvalue weighted by Gasteiger charge is -2.16. The van der Waals surface area contributed by atoms with Crippen LogP contribution >= 0.6 is 12.2 Å². The number of rotatable bonds is 6. The molecule has 2 aromatic heterocycles. The molecule has 0 aliphatic carbocycles. The number of nitrogens with zero attached hydrogens (tertiary/aromatic N) is 2. The summed E-state index contributed by atoms with van der Waals surface area (Å²) in [7, 11) is 1.76. The number of aromatic nitrogens is 3. The van der Waals surface area contributed by atoms with Crippen molar-refractivity contribution in [3.63, 3.8) is 0 Å². The van der Waals surface area contributed by atoms with Crippen LogP contribution in [0.3, 0.4) is 0 Å². The summed E-state index contributed by atoms with van der Waals surface area (Å²) in [6.07, 6.45) is 3.21. The molecule has 1 aromatic carbocycles. The minimum Gasteiger partial charge on any atom is -0.352 e. The lowest BCUT2D eigenvalue weighted by molar-refractivity contribution is 0.0792. The molecule has 0 fully saturated rings. The molecule has 0 saturated heterocycles. The first-order valence-corrected chi connectivity index (χ1v) is 8.69. The monoisotopic (exact) mass is 370 g/mol. The van der Waals surface area contributed by atoms with Crippen molar-refractivity contribution in [3.8, 4) is 11.3 Å². The zero-order chi connectivity index (χ0) is 18.5.